The molecule has 7 nitrogen and oxygen atoms in total. The number of methoxy groups -OCH3 is 1. The van der Waals surface area contributed by atoms with Gasteiger partial charge >= 0.3 is 5.97 Å². The van der Waals surface area contributed by atoms with E-state index in [1.165, 1.54) is 7.11 Å². The number of guanidine groups is 1. The molecule has 2 saturated heterocycles. The van der Waals surface area contributed by atoms with E-state index in [1.54, 1.807) is 0 Å². The van der Waals surface area contributed by atoms with E-state index in [0.29, 0.717) is 12.6 Å². The third-order valence-corrected chi connectivity index (χ3v) is 4.84. The Kier molecular flexibility index (Phi) is 11.5. The highest BCUT2D eigenvalue weighted by Gasteiger charge is 2.36. The Morgan fingerprint density at radius 2 is 2.04 bits per heavy atom. The Hall–Kier alpha value is -0.610. The molecule has 2 unspecified atom stereocenters. The second-order valence-electron chi connectivity index (χ2n) is 6.78. The van der Waals surface area contributed by atoms with Gasteiger partial charge in [-0.1, -0.05) is 6.92 Å². The summed E-state index contributed by atoms with van der Waals surface area (Å²) in [6.07, 6.45) is 3.22. The fourth-order valence-corrected chi connectivity index (χ4v) is 3.37. The van der Waals surface area contributed by atoms with Crippen LogP contribution in [0.4, 0.5) is 0 Å². The van der Waals surface area contributed by atoms with E-state index in [1.807, 2.05) is 0 Å². The van der Waals surface area contributed by atoms with Gasteiger partial charge in [0.2, 0.25) is 0 Å². The highest BCUT2D eigenvalue weighted by atomic mass is 127. The molecule has 26 heavy (non-hydrogen) atoms. The first-order valence-corrected chi connectivity index (χ1v) is 9.46. The number of nitrogens with zero attached hydrogens (tertiary/aromatic N) is 2. The molecule has 0 aromatic heterocycles. The van der Waals surface area contributed by atoms with Crippen molar-refractivity contribution in [2.45, 2.75) is 39.2 Å². The van der Waals surface area contributed by atoms with Crippen LogP contribution in [-0.2, 0) is 19.0 Å². The maximum atomic E-state index is 11.9. The Morgan fingerprint density at radius 3 is 2.69 bits per heavy atom. The summed E-state index contributed by atoms with van der Waals surface area (Å²) in [5.74, 6) is 0.946. The van der Waals surface area contributed by atoms with Crippen molar-refractivity contribution in [2.75, 3.05) is 53.1 Å². The largest absolute Gasteiger partial charge is 0.469 e. The maximum Gasteiger partial charge on any atom is 0.310 e. The number of carbonyl (C=O) groups excluding carboxylic acids is 1. The molecular formula is C18H34IN3O4. The van der Waals surface area contributed by atoms with Gasteiger partial charge in [0.1, 0.15) is 0 Å². The number of hydrogen-bond acceptors (Lipinski definition) is 5. The van der Waals surface area contributed by atoms with Crippen molar-refractivity contribution >= 4 is 35.9 Å². The monoisotopic (exact) mass is 483 g/mol. The fraction of sp³-hybridized carbons (Fsp3) is 0.889. The van der Waals surface area contributed by atoms with Gasteiger partial charge in [0, 0.05) is 46.0 Å². The van der Waals surface area contributed by atoms with E-state index in [9.17, 15) is 4.79 Å². The second-order valence-corrected chi connectivity index (χ2v) is 6.78. The lowest BCUT2D eigenvalue weighted by Crippen LogP contribution is -2.40. The SMILES string of the molecule is CCNC(=NCCCOC1CCOCC1)N1CC(C)C(C(=O)OC)C1.I. The number of rotatable bonds is 7. The Bertz CT molecular complexity index is 444. The summed E-state index contributed by atoms with van der Waals surface area (Å²) in [6, 6.07) is 0. The molecule has 0 amide bonds. The van der Waals surface area contributed by atoms with Gasteiger partial charge in [-0.2, -0.15) is 0 Å². The molecule has 2 aliphatic heterocycles. The number of esters is 1. The van der Waals surface area contributed by atoms with Crippen LogP contribution in [0.2, 0.25) is 0 Å². The van der Waals surface area contributed by atoms with Crippen LogP contribution in [0.3, 0.4) is 0 Å². The molecule has 0 bridgehead atoms. The molecule has 0 saturated carbocycles. The topological polar surface area (TPSA) is 72.4 Å². The first-order chi connectivity index (χ1) is 12.2. The molecule has 8 heteroatoms. The average molecular weight is 483 g/mol. The normalized spacial score (nSPS) is 24.3. The number of likely N-dealkylation sites (tertiary alicyclic amines) is 1. The molecule has 2 rings (SSSR count). The number of carbonyl (C=O) groups is 1. The first kappa shape index (κ1) is 23.4. The third-order valence-electron chi connectivity index (χ3n) is 4.84. The van der Waals surface area contributed by atoms with Crippen molar-refractivity contribution in [3.05, 3.63) is 0 Å². The summed E-state index contributed by atoms with van der Waals surface area (Å²) >= 11 is 0. The molecule has 0 radical (unpaired) electrons. The molecule has 1 N–H and O–H groups in total. The lowest BCUT2D eigenvalue weighted by atomic mass is 9.99. The van der Waals surface area contributed by atoms with Gasteiger partial charge in [-0.05, 0) is 32.1 Å². The van der Waals surface area contributed by atoms with Crippen LogP contribution >= 0.6 is 24.0 Å². The van der Waals surface area contributed by atoms with E-state index in [2.05, 4.69) is 24.1 Å². The van der Waals surface area contributed by atoms with E-state index < -0.39 is 0 Å². The summed E-state index contributed by atoms with van der Waals surface area (Å²) in [4.78, 5) is 18.7. The number of halogens is 1. The number of aliphatic imine (C=N–C) groups is 1. The Labute approximate surface area is 174 Å². The van der Waals surface area contributed by atoms with E-state index in [0.717, 1.165) is 64.7 Å². The zero-order valence-electron chi connectivity index (χ0n) is 16.2. The molecular weight excluding hydrogens is 449 g/mol. The van der Waals surface area contributed by atoms with Crippen LogP contribution in [0.25, 0.3) is 0 Å². The summed E-state index contributed by atoms with van der Waals surface area (Å²) in [7, 11) is 1.45. The van der Waals surface area contributed by atoms with Crippen molar-refractivity contribution in [1.29, 1.82) is 0 Å². The van der Waals surface area contributed by atoms with Crippen molar-refractivity contribution in [3.8, 4) is 0 Å². The van der Waals surface area contributed by atoms with Gasteiger partial charge < -0.3 is 24.4 Å². The zero-order valence-corrected chi connectivity index (χ0v) is 18.6. The summed E-state index contributed by atoms with van der Waals surface area (Å²) in [6.45, 7) is 9.51. The predicted molar refractivity (Wildman–Crippen MR) is 112 cm³/mol. The Morgan fingerprint density at radius 1 is 1.31 bits per heavy atom. The molecule has 152 valence electrons. The van der Waals surface area contributed by atoms with E-state index in [4.69, 9.17) is 19.2 Å². The molecule has 2 atom stereocenters. The predicted octanol–water partition coefficient (Wildman–Crippen LogP) is 1.90. The highest BCUT2D eigenvalue weighted by molar-refractivity contribution is 14.0. The van der Waals surface area contributed by atoms with Crippen molar-refractivity contribution < 1.29 is 19.0 Å². The van der Waals surface area contributed by atoms with Crippen molar-refractivity contribution in [2.24, 2.45) is 16.8 Å². The van der Waals surface area contributed by atoms with Crippen molar-refractivity contribution in [3.63, 3.8) is 0 Å². The fourth-order valence-electron chi connectivity index (χ4n) is 3.37. The number of hydrogen-bond donors (Lipinski definition) is 1. The first-order valence-electron chi connectivity index (χ1n) is 9.46. The summed E-state index contributed by atoms with van der Waals surface area (Å²) < 4.78 is 16.1. The maximum absolute atomic E-state index is 11.9. The lowest BCUT2D eigenvalue weighted by Gasteiger charge is -2.23. The minimum atomic E-state index is -0.129. The Balaban J connectivity index is 0.00000338. The van der Waals surface area contributed by atoms with Crippen LogP contribution in [0.15, 0.2) is 4.99 Å². The van der Waals surface area contributed by atoms with Crippen LogP contribution in [0, 0.1) is 11.8 Å². The standard InChI is InChI=1S/C18H33N3O4.HI/c1-4-19-18(21-12-14(2)16(13-21)17(22)23-3)20-8-5-9-25-15-6-10-24-11-7-15;/h14-16H,4-13H2,1-3H3,(H,19,20);1H. The molecule has 0 aromatic carbocycles. The quantitative estimate of drug-likeness (QED) is 0.196. The minimum absolute atomic E-state index is 0. The smallest absolute Gasteiger partial charge is 0.310 e. The summed E-state index contributed by atoms with van der Waals surface area (Å²) in [5, 5.41) is 3.33. The van der Waals surface area contributed by atoms with Crippen LogP contribution in [0.1, 0.15) is 33.1 Å². The van der Waals surface area contributed by atoms with E-state index in [-0.39, 0.29) is 41.8 Å². The van der Waals surface area contributed by atoms with Gasteiger partial charge in [-0.25, -0.2) is 0 Å². The highest BCUT2D eigenvalue weighted by Crippen LogP contribution is 2.24. The third kappa shape index (κ3) is 7.19. The van der Waals surface area contributed by atoms with E-state index >= 15 is 0 Å². The molecule has 2 aliphatic rings. The van der Waals surface area contributed by atoms with Crippen molar-refractivity contribution in [1.82, 2.24) is 10.2 Å². The minimum Gasteiger partial charge on any atom is -0.469 e. The van der Waals surface area contributed by atoms with Gasteiger partial charge in [-0.3, -0.25) is 9.79 Å². The van der Waals surface area contributed by atoms with Gasteiger partial charge in [0.05, 0.1) is 19.1 Å². The van der Waals surface area contributed by atoms with Crippen LogP contribution in [0.5, 0.6) is 0 Å². The molecule has 0 spiro atoms. The summed E-state index contributed by atoms with van der Waals surface area (Å²) in [5.41, 5.74) is 0. The van der Waals surface area contributed by atoms with Crippen LogP contribution in [-0.4, -0.2) is 76.0 Å². The molecule has 2 heterocycles. The molecule has 0 aromatic rings. The number of nitrogens with one attached hydrogen (secondary N) is 1. The molecule has 2 fully saturated rings. The van der Waals surface area contributed by atoms with Crippen LogP contribution < -0.4 is 5.32 Å². The zero-order chi connectivity index (χ0) is 18.1. The van der Waals surface area contributed by atoms with Gasteiger partial charge in [-0.15, -0.1) is 24.0 Å². The molecule has 0 aliphatic carbocycles. The van der Waals surface area contributed by atoms with Gasteiger partial charge in [0.25, 0.3) is 0 Å². The second kappa shape index (κ2) is 12.7. The average Bonchev–Trinajstić information content (AvgIpc) is 3.02. The number of ether oxygens (including phenoxy) is 3. The lowest BCUT2D eigenvalue weighted by molar-refractivity contribution is -0.145. The van der Waals surface area contributed by atoms with Gasteiger partial charge in [0.15, 0.2) is 5.96 Å².